The number of likely N-dealkylation sites (tertiary alicyclic amines) is 1. The fraction of sp³-hybridized carbons (Fsp3) is 0.483. The minimum absolute atomic E-state index is 0.0246. The van der Waals surface area contributed by atoms with Crippen LogP contribution in [-0.2, 0) is 19.1 Å². The number of fused-ring (bicyclic) bond motifs is 1. The lowest BCUT2D eigenvalue weighted by Crippen LogP contribution is -2.55. The van der Waals surface area contributed by atoms with Crippen molar-refractivity contribution in [2.45, 2.75) is 56.2 Å². The molecule has 37 heavy (non-hydrogen) atoms. The van der Waals surface area contributed by atoms with Crippen molar-refractivity contribution >= 4 is 35.2 Å². The summed E-state index contributed by atoms with van der Waals surface area (Å²) in [6.45, 7) is 7.64. The fourth-order valence-corrected chi connectivity index (χ4v) is 9.10. The lowest BCUT2D eigenvalue weighted by atomic mass is 9.66. The number of thioether (sulfide) groups is 1. The van der Waals surface area contributed by atoms with Crippen molar-refractivity contribution in [1.82, 2.24) is 4.90 Å². The molecule has 0 saturated carbocycles. The molecular weight excluding hydrogens is 488 g/mol. The van der Waals surface area contributed by atoms with Crippen molar-refractivity contribution in [3.05, 3.63) is 65.2 Å². The van der Waals surface area contributed by atoms with Crippen LogP contribution < -0.4 is 5.32 Å². The van der Waals surface area contributed by atoms with Gasteiger partial charge in [-0.25, -0.2) is 0 Å². The van der Waals surface area contributed by atoms with Crippen LogP contribution in [0, 0.1) is 31.6 Å². The highest BCUT2D eigenvalue weighted by Crippen LogP contribution is 2.69. The molecule has 3 heterocycles. The van der Waals surface area contributed by atoms with E-state index in [-0.39, 0.29) is 42.2 Å². The zero-order valence-electron chi connectivity index (χ0n) is 21.6. The molecule has 0 aromatic heterocycles. The van der Waals surface area contributed by atoms with Crippen molar-refractivity contribution < 1.29 is 24.2 Å². The van der Waals surface area contributed by atoms with E-state index in [0.717, 1.165) is 23.1 Å². The Balaban J connectivity index is 1.63. The number of ether oxygens (including phenoxy) is 1. The molecule has 7 atom stereocenters. The summed E-state index contributed by atoms with van der Waals surface area (Å²) in [5, 5.41) is 13.6. The first-order valence-electron chi connectivity index (χ1n) is 12.9. The highest BCUT2D eigenvalue weighted by molar-refractivity contribution is 8.02. The number of hydrogen-bond donors (Lipinski definition) is 2. The van der Waals surface area contributed by atoms with Crippen molar-refractivity contribution in [3.63, 3.8) is 0 Å². The number of nitrogens with one attached hydrogen (secondary N) is 1. The molecule has 3 aliphatic heterocycles. The maximum Gasteiger partial charge on any atom is 0.310 e. The Labute approximate surface area is 222 Å². The quantitative estimate of drug-likeness (QED) is 0.536. The lowest BCUT2D eigenvalue weighted by molar-refractivity contribution is -0.154. The van der Waals surface area contributed by atoms with Gasteiger partial charge in [-0.2, -0.15) is 0 Å². The van der Waals surface area contributed by atoms with Crippen LogP contribution in [0.15, 0.2) is 48.5 Å². The normalized spacial score (nSPS) is 30.8. The number of carbonyl (C=O) groups excluding carboxylic acids is 3. The molecule has 3 aliphatic rings. The van der Waals surface area contributed by atoms with E-state index in [1.807, 2.05) is 62.4 Å². The Morgan fingerprint density at radius 2 is 1.95 bits per heavy atom. The molecule has 2 aromatic carbocycles. The summed E-state index contributed by atoms with van der Waals surface area (Å²) in [5.74, 6) is -2.19. The van der Waals surface area contributed by atoms with E-state index >= 15 is 0 Å². The van der Waals surface area contributed by atoms with Gasteiger partial charge in [-0.15, -0.1) is 11.8 Å². The van der Waals surface area contributed by atoms with Crippen LogP contribution in [0.25, 0.3) is 0 Å². The zero-order chi connectivity index (χ0) is 26.5. The number of aliphatic hydroxyl groups excluding tert-OH is 1. The number of esters is 1. The summed E-state index contributed by atoms with van der Waals surface area (Å²) in [6.07, 6.45) is 0.730. The van der Waals surface area contributed by atoms with Crippen LogP contribution in [0.1, 0.15) is 43.0 Å². The number of amides is 2. The summed E-state index contributed by atoms with van der Waals surface area (Å²) >= 11 is 1.60. The molecule has 2 N–H and O–H groups in total. The number of rotatable bonds is 7. The molecule has 5 rings (SSSR count). The van der Waals surface area contributed by atoms with E-state index < -0.39 is 28.7 Å². The second-order valence-corrected chi connectivity index (χ2v) is 12.0. The first-order valence-corrected chi connectivity index (χ1v) is 13.8. The average molecular weight is 523 g/mol. The summed E-state index contributed by atoms with van der Waals surface area (Å²) in [5.41, 5.74) is 3.39. The smallest absolute Gasteiger partial charge is 0.310 e. The highest BCUT2D eigenvalue weighted by atomic mass is 32.2. The van der Waals surface area contributed by atoms with Gasteiger partial charge in [-0.1, -0.05) is 49.4 Å². The largest absolute Gasteiger partial charge is 0.466 e. The number of aliphatic hydroxyl groups is 1. The number of hydrogen-bond acceptors (Lipinski definition) is 6. The second-order valence-electron chi connectivity index (χ2n) is 10.5. The topological polar surface area (TPSA) is 95.9 Å². The molecule has 1 spiro atoms. The predicted molar refractivity (Wildman–Crippen MR) is 143 cm³/mol. The molecule has 7 nitrogen and oxygen atoms in total. The predicted octanol–water partition coefficient (Wildman–Crippen LogP) is 3.88. The maximum atomic E-state index is 14.3. The van der Waals surface area contributed by atoms with E-state index in [2.05, 4.69) is 12.2 Å². The Hall–Kier alpha value is -2.84. The Morgan fingerprint density at radius 1 is 1.22 bits per heavy atom. The number of benzene rings is 2. The molecule has 2 bridgehead atoms. The summed E-state index contributed by atoms with van der Waals surface area (Å²) in [4.78, 5) is 43.3. The van der Waals surface area contributed by atoms with Crippen LogP contribution in [0.4, 0.5) is 5.69 Å². The van der Waals surface area contributed by atoms with E-state index in [4.69, 9.17) is 4.74 Å². The monoisotopic (exact) mass is 522 g/mol. The Morgan fingerprint density at radius 3 is 2.62 bits per heavy atom. The zero-order valence-corrected chi connectivity index (χ0v) is 22.5. The van der Waals surface area contributed by atoms with E-state index in [1.165, 1.54) is 0 Å². The van der Waals surface area contributed by atoms with Gasteiger partial charge in [-0.3, -0.25) is 14.4 Å². The van der Waals surface area contributed by atoms with Gasteiger partial charge < -0.3 is 20.1 Å². The maximum absolute atomic E-state index is 14.3. The highest BCUT2D eigenvalue weighted by Gasteiger charge is 2.77. The van der Waals surface area contributed by atoms with Crippen molar-refractivity contribution in [3.8, 4) is 0 Å². The molecule has 3 saturated heterocycles. The van der Waals surface area contributed by atoms with Crippen LogP contribution in [0.5, 0.6) is 0 Å². The van der Waals surface area contributed by atoms with E-state index in [0.29, 0.717) is 5.69 Å². The van der Waals surface area contributed by atoms with Crippen LogP contribution >= 0.6 is 11.8 Å². The minimum atomic E-state index is -0.855. The summed E-state index contributed by atoms with van der Waals surface area (Å²) < 4.78 is 4.63. The first-order chi connectivity index (χ1) is 17.7. The number of anilines is 1. The number of aryl methyl sites for hydroxylation is 2. The van der Waals surface area contributed by atoms with Gasteiger partial charge in [0.2, 0.25) is 11.8 Å². The standard InChI is InChI=1S/C29H34N2O5S/c1-5-36-28(35)23-22-14-18(4)29(37-22)24(23)27(34)31(21(15-32)19-9-7-6-8-10-19)25(29)26(33)30-20-13-16(2)11-12-17(20)3/h6-13,18,21-25,32H,5,14-15H2,1-4H3,(H,30,33)/t18?,21-,22-,23+,24+,25?,29?/m1/s1. The van der Waals surface area contributed by atoms with Gasteiger partial charge in [-0.05, 0) is 55.9 Å². The van der Waals surface area contributed by atoms with Crippen LogP contribution in [-0.4, -0.2) is 57.0 Å². The summed E-state index contributed by atoms with van der Waals surface area (Å²) in [7, 11) is 0. The van der Waals surface area contributed by atoms with Gasteiger partial charge in [0, 0.05) is 10.9 Å². The molecule has 3 unspecified atom stereocenters. The Kier molecular flexibility index (Phi) is 6.83. The molecule has 3 fully saturated rings. The van der Waals surface area contributed by atoms with Gasteiger partial charge in [0.15, 0.2) is 0 Å². The average Bonchev–Trinajstić information content (AvgIpc) is 3.47. The minimum Gasteiger partial charge on any atom is -0.466 e. The fourth-order valence-electron chi connectivity index (χ4n) is 6.70. The first kappa shape index (κ1) is 25.8. The molecule has 2 aromatic rings. The number of carbonyl (C=O) groups is 3. The summed E-state index contributed by atoms with van der Waals surface area (Å²) in [6, 6.07) is 13.6. The third kappa shape index (κ3) is 3.96. The Bertz CT molecular complexity index is 1220. The van der Waals surface area contributed by atoms with E-state index in [1.54, 1.807) is 23.6 Å². The third-order valence-electron chi connectivity index (χ3n) is 8.33. The third-order valence-corrected chi connectivity index (χ3v) is 10.4. The van der Waals surface area contributed by atoms with Gasteiger partial charge >= 0.3 is 5.97 Å². The number of nitrogens with zero attached hydrogens (tertiary/aromatic N) is 1. The van der Waals surface area contributed by atoms with Gasteiger partial charge in [0.05, 0.1) is 35.8 Å². The molecule has 196 valence electrons. The van der Waals surface area contributed by atoms with Crippen LogP contribution in [0.3, 0.4) is 0 Å². The van der Waals surface area contributed by atoms with Gasteiger partial charge in [0.1, 0.15) is 6.04 Å². The molecule has 0 radical (unpaired) electrons. The molecule has 8 heteroatoms. The van der Waals surface area contributed by atoms with Crippen LogP contribution in [0.2, 0.25) is 0 Å². The SMILES string of the molecule is CCOC(=O)[C@@H]1[C@H]2C(=O)N([C@H](CO)c3ccccc3)C(C(=O)Nc3cc(C)ccc3C)C23S[C@@H]1CC3C. The van der Waals surface area contributed by atoms with E-state index in [9.17, 15) is 19.5 Å². The lowest BCUT2D eigenvalue weighted by Gasteiger charge is -2.40. The van der Waals surface area contributed by atoms with Crippen molar-refractivity contribution in [2.24, 2.45) is 17.8 Å². The second kappa shape index (κ2) is 9.80. The van der Waals surface area contributed by atoms with Crippen molar-refractivity contribution in [1.29, 1.82) is 0 Å². The molecule has 0 aliphatic carbocycles. The molecule has 2 amide bonds. The van der Waals surface area contributed by atoms with Crippen molar-refractivity contribution in [2.75, 3.05) is 18.5 Å². The molecular formula is C29H34N2O5S. The van der Waals surface area contributed by atoms with Gasteiger partial charge in [0.25, 0.3) is 0 Å².